The lowest BCUT2D eigenvalue weighted by Gasteiger charge is -2.23. The summed E-state index contributed by atoms with van der Waals surface area (Å²) in [6.45, 7) is 4.13. The zero-order valence-corrected chi connectivity index (χ0v) is 40.3. The average Bonchev–Trinajstić information content (AvgIpc) is 3.98. The molecule has 0 N–H and O–H groups in total. The summed E-state index contributed by atoms with van der Waals surface area (Å²) in [5.41, 5.74) is 12.4. The van der Waals surface area contributed by atoms with Gasteiger partial charge in [0.1, 0.15) is 0 Å². The van der Waals surface area contributed by atoms with Gasteiger partial charge in [0.2, 0.25) is 0 Å². The Morgan fingerprint density at radius 3 is 1.24 bits per heavy atom. The zero-order valence-electron chi connectivity index (χ0n) is 40.3. The maximum absolute atomic E-state index is 16.3. The maximum Gasteiger partial charge on any atom is 0.417 e. The molecule has 0 saturated carbocycles. The molecule has 0 saturated heterocycles. The largest absolute Gasteiger partial charge is 0.417 e. The second kappa shape index (κ2) is 17.7. The molecule has 8 heteroatoms. The number of halogens is 3. The van der Waals surface area contributed by atoms with Gasteiger partial charge in [-0.2, -0.15) is 13.2 Å². The third kappa shape index (κ3) is 7.70. The summed E-state index contributed by atoms with van der Waals surface area (Å²) in [4.78, 5) is 15.1. The van der Waals surface area contributed by atoms with E-state index in [0.717, 1.165) is 82.6 Å². The quantitative estimate of drug-likeness (QED) is 0.152. The number of fused-ring (bicyclic) bond motifs is 6. The summed E-state index contributed by atoms with van der Waals surface area (Å²) in [6, 6.07) is 75.0. The van der Waals surface area contributed by atoms with E-state index in [-0.39, 0.29) is 5.56 Å². The number of benzene rings is 10. The van der Waals surface area contributed by atoms with Gasteiger partial charge in [0.25, 0.3) is 0 Å². The molecule has 74 heavy (non-hydrogen) atoms. The van der Waals surface area contributed by atoms with Gasteiger partial charge in [-0.1, -0.05) is 175 Å². The highest BCUT2D eigenvalue weighted by Crippen LogP contribution is 2.48. The van der Waals surface area contributed by atoms with Crippen molar-refractivity contribution in [2.75, 3.05) is 0 Å². The third-order valence-corrected chi connectivity index (χ3v) is 14.2. The molecule has 0 unspecified atom stereocenters. The van der Waals surface area contributed by atoms with Crippen LogP contribution in [0.3, 0.4) is 0 Å². The normalized spacial score (nSPS) is 11.9. The maximum atomic E-state index is 16.3. The van der Waals surface area contributed by atoms with Crippen LogP contribution in [0, 0.1) is 13.8 Å². The van der Waals surface area contributed by atoms with Crippen LogP contribution in [0.15, 0.2) is 231 Å². The lowest BCUT2D eigenvalue weighted by atomic mass is 9.93. The molecule has 0 amide bonds. The number of para-hydroxylation sites is 2. The topological polar surface area (TPSA) is 48.5 Å². The SMILES string of the molecule is Cc1ccc(-c2ccc3c(c2)c2ccccc2n3-c2ccc(-c3nc(-c4ccccc4)nc(-c4ccccc4)n3)cc2-c2c(-n3c4ccccc4c4cc(-c5ccc(C)cc5)ccc43)cccc2C(F)(F)F)cc1. The van der Waals surface area contributed by atoms with Crippen LogP contribution in [0.2, 0.25) is 0 Å². The number of aryl methyl sites for hydroxylation is 2. The van der Waals surface area contributed by atoms with E-state index in [2.05, 4.69) is 103 Å². The summed E-state index contributed by atoms with van der Waals surface area (Å²) >= 11 is 0. The minimum Gasteiger partial charge on any atom is -0.309 e. The molecule has 0 aliphatic rings. The number of hydrogen-bond acceptors (Lipinski definition) is 3. The molecule has 13 rings (SSSR count). The predicted octanol–water partition coefficient (Wildman–Crippen LogP) is 17.7. The first-order valence-electron chi connectivity index (χ1n) is 24.6. The molecule has 0 spiro atoms. The van der Waals surface area contributed by atoms with Crippen LogP contribution in [-0.4, -0.2) is 24.1 Å². The summed E-state index contributed by atoms with van der Waals surface area (Å²) in [7, 11) is 0. The first kappa shape index (κ1) is 44.5. The fourth-order valence-corrected chi connectivity index (χ4v) is 10.6. The Kier molecular flexibility index (Phi) is 10.7. The van der Waals surface area contributed by atoms with Gasteiger partial charge in [0, 0.05) is 49.4 Å². The highest BCUT2D eigenvalue weighted by atomic mass is 19.4. The summed E-state index contributed by atoms with van der Waals surface area (Å²) in [5.74, 6) is 1.21. The first-order valence-corrected chi connectivity index (χ1v) is 24.6. The van der Waals surface area contributed by atoms with Gasteiger partial charge < -0.3 is 9.13 Å². The van der Waals surface area contributed by atoms with Gasteiger partial charge in [-0.25, -0.2) is 15.0 Å². The van der Waals surface area contributed by atoms with E-state index in [4.69, 9.17) is 15.0 Å². The molecule has 354 valence electrons. The Morgan fingerprint density at radius 2 is 0.743 bits per heavy atom. The van der Waals surface area contributed by atoms with Crippen molar-refractivity contribution in [2.45, 2.75) is 20.0 Å². The number of nitrogens with zero attached hydrogens (tertiary/aromatic N) is 5. The molecule has 5 nitrogen and oxygen atoms in total. The highest BCUT2D eigenvalue weighted by Gasteiger charge is 2.37. The fourth-order valence-electron chi connectivity index (χ4n) is 10.6. The van der Waals surface area contributed by atoms with Crippen LogP contribution in [0.25, 0.3) is 123 Å². The lowest BCUT2D eigenvalue weighted by molar-refractivity contribution is -0.137. The zero-order chi connectivity index (χ0) is 50.1. The molecule has 10 aromatic carbocycles. The van der Waals surface area contributed by atoms with Gasteiger partial charge in [0.05, 0.1) is 39.0 Å². The smallest absolute Gasteiger partial charge is 0.309 e. The average molecular weight is 964 g/mol. The van der Waals surface area contributed by atoms with Crippen molar-refractivity contribution in [1.29, 1.82) is 0 Å². The molecular weight excluding hydrogens is 920 g/mol. The van der Waals surface area contributed by atoms with Crippen molar-refractivity contribution in [1.82, 2.24) is 24.1 Å². The standard InChI is InChI=1S/C66H44F3N5/c1-41-24-28-43(29-25-41)47-32-35-58-52(38-47)50-18-9-11-21-56(50)73(58)60-37-34-49(65-71-63(45-14-5-3-6-15-45)70-64(72-65)46-16-7-4-8-17-46)40-54(60)62-55(66(67,68)69)20-13-23-61(62)74-57-22-12-10-19-51(57)53-39-48(33-36-59(53)74)44-30-26-42(2)27-31-44/h3-40H,1-2H3. The van der Waals surface area contributed by atoms with Gasteiger partial charge in [-0.15, -0.1) is 0 Å². The van der Waals surface area contributed by atoms with Crippen LogP contribution in [0.4, 0.5) is 13.2 Å². The summed E-state index contributed by atoms with van der Waals surface area (Å²) in [6.07, 6.45) is -4.77. The van der Waals surface area contributed by atoms with Gasteiger partial charge in [-0.3, -0.25) is 0 Å². The molecule has 13 aromatic rings. The second-order valence-corrected chi connectivity index (χ2v) is 18.9. The minimum atomic E-state index is -4.77. The van der Waals surface area contributed by atoms with E-state index in [1.807, 2.05) is 138 Å². The predicted molar refractivity (Wildman–Crippen MR) is 296 cm³/mol. The second-order valence-electron chi connectivity index (χ2n) is 18.9. The van der Waals surface area contributed by atoms with Crippen LogP contribution < -0.4 is 0 Å². The van der Waals surface area contributed by atoms with Gasteiger partial charge in [0.15, 0.2) is 17.5 Å². The van der Waals surface area contributed by atoms with Crippen LogP contribution >= 0.6 is 0 Å². The van der Waals surface area contributed by atoms with Crippen LogP contribution in [-0.2, 0) is 6.18 Å². The van der Waals surface area contributed by atoms with Crippen molar-refractivity contribution in [2.24, 2.45) is 0 Å². The lowest BCUT2D eigenvalue weighted by Crippen LogP contribution is -2.11. The highest BCUT2D eigenvalue weighted by molar-refractivity contribution is 6.13. The number of aromatic nitrogens is 5. The van der Waals surface area contributed by atoms with Crippen molar-refractivity contribution < 1.29 is 13.2 Å². The van der Waals surface area contributed by atoms with E-state index in [9.17, 15) is 0 Å². The Hall–Kier alpha value is -9.40. The van der Waals surface area contributed by atoms with E-state index >= 15 is 13.2 Å². The van der Waals surface area contributed by atoms with Crippen molar-refractivity contribution in [3.05, 3.63) is 247 Å². The van der Waals surface area contributed by atoms with E-state index < -0.39 is 11.7 Å². The molecule has 0 fully saturated rings. The molecule has 0 atom stereocenters. The fraction of sp³-hybridized carbons (Fsp3) is 0.0455. The monoisotopic (exact) mass is 963 g/mol. The van der Waals surface area contributed by atoms with E-state index in [1.54, 1.807) is 0 Å². The van der Waals surface area contributed by atoms with Gasteiger partial charge >= 0.3 is 6.18 Å². The van der Waals surface area contributed by atoms with E-state index in [0.29, 0.717) is 40.0 Å². The first-order chi connectivity index (χ1) is 36.1. The van der Waals surface area contributed by atoms with Crippen molar-refractivity contribution in [3.8, 4) is 78.9 Å². The van der Waals surface area contributed by atoms with Gasteiger partial charge in [-0.05, 0) is 103 Å². The molecular formula is C66H44F3N5. The molecule has 0 aliphatic heterocycles. The van der Waals surface area contributed by atoms with Crippen molar-refractivity contribution in [3.63, 3.8) is 0 Å². The molecule has 3 heterocycles. The summed E-state index contributed by atoms with van der Waals surface area (Å²) in [5, 5.41) is 3.80. The Bertz CT molecular complexity index is 4230. The van der Waals surface area contributed by atoms with E-state index in [1.165, 1.54) is 17.7 Å². The molecule has 0 aliphatic carbocycles. The molecule has 0 radical (unpaired) electrons. The van der Waals surface area contributed by atoms with Crippen molar-refractivity contribution >= 4 is 43.6 Å². The van der Waals surface area contributed by atoms with Crippen LogP contribution in [0.5, 0.6) is 0 Å². The summed E-state index contributed by atoms with van der Waals surface area (Å²) < 4.78 is 53.1. The third-order valence-electron chi connectivity index (χ3n) is 14.2. The number of rotatable bonds is 8. The molecule has 0 bridgehead atoms. The van der Waals surface area contributed by atoms with Crippen LogP contribution in [0.1, 0.15) is 16.7 Å². The minimum absolute atomic E-state index is 0.0185. The molecule has 3 aromatic heterocycles. The Labute approximate surface area is 425 Å². The Balaban J connectivity index is 1.13. The number of alkyl halides is 3. The number of hydrogen-bond donors (Lipinski definition) is 0. The Morgan fingerprint density at radius 1 is 0.324 bits per heavy atom.